The molecule has 0 spiro atoms. The number of nitrogens with zero attached hydrogens (tertiary/aromatic N) is 1. The quantitative estimate of drug-likeness (QED) is 0.626. The Balaban J connectivity index is 1.73. The number of pyridine rings is 1. The topological polar surface area (TPSA) is 80.3 Å². The first kappa shape index (κ1) is 18.2. The van der Waals surface area contributed by atoms with Crippen LogP contribution in [0.4, 0.5) is 17.2 Å². The monoisotopic (exact) mass is 389 g/mol. The van der Waals surface area contributed by atoms with Crippen LogP contribution in [0.5, 0.6) is 5.75 Å². The number of hydrogen-bond acceptors (Lipinski definition) is 6. The standard InChI is InChI=1S/C18H19N3O3S2/c1-3-24-16-7-5-4-6-15(16)20-14-9-10-17(19-12-14)21-26(22,23)18-11-8-13(2)25-18/h4-12,20H,3H2,1-2H3,(H,19,21). The average Bonchev–Trinajstić information content (AvgIpc) is 3.06. The summed E-state index contributed by atoms with van der Waals surface area (Å²) in [7, 11) is -3.61. The molecule has 26 heavy (non-hydrogen) atoms. The SMILES string of the molecule is CCOc1ccccc1Nc1ccc(NS(=O)(=O)c2ccc(C)s2)nc1. The summed E-state index contributed by atoms with van der Waals surface area (Å²) in [5.74, 6) is 1.01. The van der Waals surface area contributed by atoms with Crippen molar-refractivity contribution in [1.82, 2.24) is 4.98 Å². The highest BCUT2D eigenvalue weighted by molar-refractivity contribution is 7.94. The van der Waals surface area contributed by atoms with Crippen LogP contribution in [0.25, 0.3) is 0 Å². The number of ether oxygens (including phenoxy) is 1. The van der Waals surface area contributed by atoms with Crippen LogP contribution >= 0.6 is 11.3 Å². The van der Waals surface area contributed by atoms with Crippen molar-refractivity contribution < 1.29 is 13.2 Å². The van der Waals surface area contributed by atoms with Crippen molar-refractivity contribution in [3.63, 3.8) is 0 Å². The zero-order chi connectivity index (χ0) is 18.6. The van der Waals surface area contributed by atoms with Crippen molar-refractivity contribution in [3.05, 3.63) is 59.6 Å². The molecule has 0 saturated heterocycles. The van der Waals surface area contributed by atoms with Gasteiger partial charge in [-0.25, -0.2) is 13.4 Å². The molecule has 0 fully saturated rings. The van der Waals surface area contributed by atoms with E-state index in [-0.39, 0.29) is 10.0 Å². The maximum atomic E-state index is 12.3. The molecule has 0 radical (unpaired) electrons. The van der Waals surface area contributed by atoms with E-state index in [1.807, 2.05) is 38.1 Å². The molecule has 0 bridgehead atoms. The molecular formula is C18H19N3O3S2. The molecule has 0 atom stereocenters. The molecular weight excluding hydrogens is 370 g/mol. The lowest BCUT2D eigenvalue weighted by molar-refractivity contribution is 0.342. The fourth-order valence-corrected chi connectivity index (χ4v) is 4.57. The summed E-state index contributed by atoms with van der Waals surface area (Å²) in [6, 6.07) is 14.3. The molecule has 6 nitrogen and oxygen atoms in total. The number of para-hydroxylation sites is 2. The summed E-state index contributed by atoms with van der Waals surface area (Å²) in [6.07, 6.45) is 1.57. The highest BCUT2D eigenvalue weighted by Crippen LogP contribution is 2.28. The van der Waals surface area contributed by atoms with Crippen molar-refractivity contribution in [2.24, 2.45) is 0 Å². The summed E-state index contributed by atoms with van der Waals surface area (Å²) >= 11 is 1.22. The Hall–Kier alpha value is -2.58. The Morgan fingerprint density at radius 2 is 1.92 bits per heavy atom. The second-order valence-corrected chi connectivity index (χ2v) is 8.65. The fraction of sp³-hybridized carbons (Fsp3) is 0.167. The maximum Gasteiger partial charge on any atom is 0.272 e. The van der Waals surface area contributed by atoms with E-state index in [1.165, 1.54) is 11.3 Å². The molecule has 136 valence electrons. The van der Waals surface area contributed by atoms with Crippen molar-refractivity contribution in [3.8, 4) is 5.75 Å². The van der Waals surface area contributed by atoms with Gasteiger partial charge in [-0.05, 0) is 50.2 Å². The molecule has 2 N–H and O–H groups in total. The first-order valence-electron chi connectivity index (χ1n) is 8.02. The van der Waals surface area contributed by atoms with Gasteiger partial charge in [-0.2, -0.15) is 0 Å². The number of sulfonamides is 1. The van der Waals surface area contributed by atoms with Crippen LogP contribution in [0.1, 0.15) is 11.8 Å². The number of aromatic nitrogens is 1. The van der Waals surface area contributed by atoms with Gasteiger partial charge in [-0.3, -0.25) is 4.72 Å². The Bertz CT molecular complexity index is 983. The van der Waals surface area contributed by atoms with Gasteiger partial charge in [0.15, 0.2) is 0 Å². The normalized spacial score (nSPS) is 11.2. The molecule has 0 amide bonds. The van der Waals surface area contributed by atoms with E-state index in [1.54, 1.807) is 30.5 Å². The summed E-state index contributed by atoms with van der Waals surface area (Å²) in [4.78, 5) is 5.12. The highest BCUT2D eigenvalue weighted by Gasteiger charge is 2.16. The highest BCUT2D eigenvalue weighted by atomic mass is 32.2. The second-order valence-electron chi connectivity index (χ2n) is 5.46. The Morgan fingerprint density at radius 3 is 2.58 bits per heavy atom. The van der Waals surface area contributed by atoms with Crippen molar-refractivity contribution in [2.75, 3.05) is 16.6 Å². The number of benzene rings is 1. The number of rotatable bonds is 7. The van der Waals surface area contributed by atoms with Gasteiger partial charge in [-0.1, -0.05) is 12.1 Å². The van der Waals surface area contributed by atoms with Crippen LogP contribution in [0.3, 0.4) is 0 Å². The first-order chi connectivity index (χ1) is 12.5. The molecule has 3 aromatic rings. The lowest BCUT2D eigenvalue weighted by Crippen LogP contribution is -2.12. The van der Waals surface area contributed by atoms with E-state index in [0.717, 1.165) is 22.0 Å². The predicted octanol–water partition coefficient (Wildman–Crippen LogP) is 4.39. The van der Waals surface area contributed by atoms with Crippen LogP contribution in [0.2, 0.25) is 0 Å². The molecule has 0 aliphatic rings. The smallest absolute Gasteiger partial charge is 0.272 e. The number of aryl methyl sites for hydroxylation is 1. The first-order valence-corrected chi connectivity index (χ1v) is 10.3. The Kier molecular flexibility index (Phi) is 5.43. The van der Waals surface area contributed by atoms with Crippen LogP contribution in [0, 0.1) is 6.92 Å². The third kappa shape index (κ3) is 4.33. The second kappa shape index (κ2) is 7.76. The maximum absolute atomic E-state index is 12.3. The van der Waals surface area contributed by atoms with Crippen molar-refractivity contribution in [1.29, 1.82) is 0 Å². The summed E-state index contributed by atoms with van der Waals surface area (Å²) in [5.41, 5.74) is 1.55. The third-order valence-corrected chi connectivity index (χ3v) is 6.30. The Labute approximate surface area is 156 Å². The predicted molar refractivity (Wildman–Crippen MR) is 105 cm³/mol. The fourth-order valence-electron chi connectivity index (χ4n) is 2.28. The number of anilines is 3. The molecule has 3 rings (SSSR count). The van der Waals surface area contributed by atoms with Gasteiger partial charge >= 0.3 is 0 Å². The number of thiophene rings is 1. The van der Waals surface area contributed by atoms with Gasteiger partial charge in [0.2, 0.25) is 0 Å². The van der Waals surface area contributed by atoms with E-state index in [2.05, 4.69) is 15.0 Å². The minimum atomic E-state index is -3.61. The molecule has 2 heterocycles. The minimum Gasteiger partial charge on any atom is -0.492 e. The van der Waals surface area contributed by atoms with E-state index in [0.29, 0.717) is 6.61 Å². The lowest BCUT2D eigenvalue weighted by Gasteiger charge is -2.12. The summed E-state index contributed by atoms with van der Waals surface area (Å²) in [5, 5.41) is 3.22. The van der Waals surface area contributed by atoms with Crippen molar-refractivity contribution >= 4 is 38.6 Å². The zero-order valence-corrected chi connectivity index (χ0v) is 16.0. The molecule has 1 aromatic carbocycles. The summed E-state index contributed by atoms with van der Waals surface area (Å²) < 4.78 is 33.0. The minimum absolute atomic E-state index is 0.264. The van der Waals surface area contributed by atoms with E-state index in [4.69, 9.17) is 4.74 Å². The van der Waals surface area contributed by atoms with Gasteiger partial charge in [-0.15, -0.1) is 11.3 Å². The van der Waals surface area contributed by atoms with Gasteiger partial charge in [0.1, 0.15) is 15.8 Å². The molecule has 0 saturated carbocycles. The zero-order valence-electron chi connectivity index (χ0n) is 14.4. The molecule has 0 aliphatic carbocycles. The third-order valence-electron chi connectivity index (χ3n) is 3.45. The molecule has 8 heteroatoms. The number of hydrogen-bond donors (Lipinski definition) is 2. The lowest BCUT2D eigenvalue weighted by atomic mass is 10.2. The van der Waals surface area contributed by atoms with Crippen LogP contribution in [0.15, 0.2) is 58.9 Å². The van der Waals surface area contributed by atoms with Crippen LogP contribution in [-0.2, 0) is 10.0 Å². The van der Waals surface area contributed by atoms with Gasteiger partial charge in [0.25, 0.3) is 10.0 Å². The van der Waals surface area contributed by atoms with E-state index < -0.39 is 10.0 Å². The van der Waals surface area contributed by atoms with Gasteiger partial charge in [0.05, 0.1) is 24.2 Å². The Morgan fingerprint density at radius 1 is 1.12 bits per heavy atom. The van der Waals surface area contributed by atoms with Crippen molar-refractivity contribution in [2.45, 2.75) is 18.1 Å². The largest absolute Gasteiger partial charge is 0.492 e. The molecule has 0 unspecified atom stereocenters. The van der Waals surface area contributed by atoms with Gasteiger partial charge in [0, 0.05) is 4.88 Å². The van der Waals surface area contributed by atoms with Gasteiger partial charge < -0.3 is 10.1 Å². The molecule has 2 aromatic heterocycles. The van der Waals surface area contributed by atoms with E-state index >= 15 is 0 Å². The van der Waals surface area contributed by atoms with Crippen LogP contribution < -0.4 is 14.8 Å². The molecule has 0 aliphatic heterocycles. The van der Waals surface area contributed by atoms with Crippen LogP contribution in [-0.4, -0.2) is 20.0 Å². The van der Waals surface area contributed by atoms with E-state index in [9.17, 15) is 8.42 Å². The number of nitrogens with one attached hydrogen (secondary N) is 2. The average molecular weight is 390 g/mol. The summed E-state index contributed by atoms with van der Waals surface area (Å²) in [6.45, 7) is 4.36.